The van der Waals surface area contributed by atoms with Crippen molar-refractivity contribution in [3.05, 3.63) is 64.9 Å². The van der Waals surface area contributed by atoms with E-state index in [4.69, 9.17) is 21.4 Å². The van der Waals surface area contributed by atoms with E-state index in [1.54, 1.807) is 24.3 Å². The van der Waals surface area contributed by atoms with Gasteiger partial charge in [0.2, 0.25) is 0 Å². The van der Waals surface area contributed by atoms with Crippen LogP contribution in [0.2, 0.25) is 5.02 Å². The van der Waals surface area contributed by atoms with Crippen LogP contribution in [-0.2, 0) is 0 Å². The van der Waals surface area contributed by atoms with E-state index in [0.717, 1.165) is 11.1 Å². The van der Waals surface area contributed by atoms with E-state index in [2.05, 4.69) is 0 Å². The Kier molecular flexibility index (Phi) is 4.77. The highest BCUT2D eigenvalue weighted by Gasteiger charge is 2.05. The lowest BCUT2D eigenvalue weighted by molar-refractivity contribution is 0.343. The molecule has 0 radical (unpaired) electrons. The van der Waals surface area contributed by atoms with Crippen LogP contribution in [0.15, 0.2) is 48.5 Å². The van der Waals surface area contributed by atoms with Gasteiger partial charge in [-0.25, -0.2) is 4.39 Å². The number of benzene rings is 2. The lowest BCUT2D eigenvalue weighted by Gasteiger charge is -2.08. The molecule has 0 aromatic heterocycles. The molecular formula is C16H14ClFO2. The highest BCUT2D eigenvalue weighted by Crippen LogP contribution is 2.27. The SMILES string of the molecule is CC(=CCO)c1ccc(Oc2ccc(Cl)cc2F)cc1. The fraction of sp³-hybridized carbons (Fsp3) is 0.125. The molecule has 2 aromatic rings. The van der Waals surface area contributed by atoms with Crippen LogP contribution in [0.1, 0.15) is 12.5 Å². The van der Waals surface area contributed by atoms with Crippen molar-refractivity contribution in [3.63, 3.8) is 0 Å². The number of aliphatic hydroxyl groups is 1. The molecule has 0 saturated carbocycles. The van der Waals surface area contributed by atoms with Gasteiger partial charge in [-0.05, 0) is 48.4 Å². The van der Waals surface area contributed by atoms with Crippen molar-refractivity contribution in [2.45, 2.75) is 6.92 Å². The molecule has 20 heavy (non-hydrogen) atoms. The summed E-state index contributed by atoms with van der Waals surface area (Å²) in [7, 11) is 0. The Hall–Kier alpha value is -1.84. The van der Waals surface area contributed by atoms with Gasteiger partial charge < -0.3 is 9.84 Å². The lowest BCUT2D eigenvalue weighted by atomic mass is 10.1. The van der Waals surface area contributed by atoms with Gasteiger partial charge in [0.1, 0.15) is 5.75 Å². The molecule has 2 rings (SSSR count). The molecule has 0 aliphatic heterocycles. The van der Waals surface area contributed by atoms with E-state index in [9.17, 15) is 4.39 Å². The van der Waals surface area contributed by atoms with Crippen LogP contribution in [-0.4, -0.2) is 11.7 Å². The van der Waals surface area contributed by atoms with E-state index < -0.39 is 5.82 Å². The average molecular weight is 293 g/mol. The molecule has 0 atom stereocenters. The van der Waals surface area contributed by atoms with Crippen molar-refractivity contribution in [1.29, 1.82) is 0 Å². The maximum absolute atomic E-state index is 13.6. The summed E-state index contributed by atoms with van der Waals surface area (Å²) >= 11 is 5.68. The molecule has 1 N–H and O–H groups in total. The van der Waals surface area contributed by atoms with Crippen LogP contribution in [0.3, 0.4) is 0 Å². The van der Waals surface area contributed by atoms with Crippen molar-refractivity contribution in [2.24, 2.45) is 0 Å². The third kappa shape index (κ3) is 3.59. The summed E-state index contributed by atoms with van der Waals surface area (Å²) in [6.45, 7) is 1.91. The zero-order chi connectivity index (χ0) is 14.5. The third-order valence-electron chi connectivity index (χ3n) is 2.83. The van der Waals surface area contributed by atoms with Crippen LogP contribution in [0.5, 0.6) is 11.5 Å². The largest absolute Gasteiger partial charge is 0.454 e. The van der Waals surface area contributed by atoms with Gasteiger partial charge in [0.15, 0.2) is 11.6 Å². The molecule has 0 saturated heterocycles. The zero-order valence-electron chi connectivity index (χ0n) is 10.9. The number of aliphatic hydroxyl groups excluding tert-OH is 1. The second kappa shape index (κ2) is 6.55. The Bertz CT molecular complexity index is 621. The molecule has 0 fully saturated rings. The van der Waals surface area contributed by atoms with E-state index in [-0.39, 0.29) is 12.4 Å². The van der Waals surface area contributed by atoms with E-state index in [1.807, 2.05) is 19.1 Å². The summed E-state index contributed by atoms with van der Waals surface area (Å²) in [5.74, 6) is 0.162. The van der Waals surface area contributed by atoms with Crippen molar-refractivity contribution in [1.82, 2.24) is 0 Å². The minimum Gasteiger partial charge on any atom is -0.454 e. The Morgan fingerprint density at radius 3 is 2.55 bits per heavy atom. The second-order valence-corrected chi connectivity index (χ2v) is 4.71. The average Bonchev–Trinajstić information content (AvgIpc) is 2.43. The van der Waals surface area contributed by atoms with Crippen LogP contribution >= 0.6 is 11.6 Å². The van der Waals surface area contributed by atoms with Gasteiger partial charge in [-0.15, -0.1) is 0 Å². The minimum atomic E-state index is -0.502. The highest BCUT2D eigenvalue weighted by atomic mass is 35.5. The summed E-state index contributed by atoms with van der Waals surface area (Å²) in [5, 5.41) is 9.18. The van der Waals surface area contributed by atoms with Gasteiger partial charge in [-0.3, -0.25) is 0 Å². The van der Waals surface area contributed by atoms with Gasteiger partial charge in [0.05, 0.1) is 6.61 Å². The fourth-order valence-corrected chi connectivity index (χ4v) is 1.88. The molecule has 0 spiro atoms. The minimum absolute atomic E-state index is 0.0000702. The molecule has 0 amide bonds. The Labute approximate surface area is 122 Å². The summed E-state index contributed by atoms with van der Waals surface area (Å²) < 4.78 is 19.1. The first-order valence-electron chi connectivity index (χ1n) is 6.11. The van der Waals surface area contributed by atoms with Gasteiger partial charge >= 0.3 is 0 Å². The van der Waals surface area contributed by atoms with Crippen molar-refractivity contribution < 1.29 is 14.2 Å². The van der Waals surface area contributed by atoms with E-state index >= 15 is 0 Å². The maximum atomic E-state index is 13.6. The predicted molar refractivity (Wildman–Crippen MR) is 78.7 cm³/mol. The normalized spacial score (nSPS) is 11.5. The molecule has 2 nitrogen and oxygen atoms in total. The Balaban J connectivity index is 2.17. The highest BCUT2D eigenvalue weighted by molar-refractivity contribution is 6.30. The van der Waals surface area contributed by atoms with E-state index in [0.29, 0.717) is 10.8 Å². The number of allylic oxidation sites excluding steroid dienone is 1. The lowest BCUT2D eigenvalue weighted by Crippen LogP contribution is -1.89. The molecular weight excluding hydrogens is 279 g/mol. The van der Waals surface area contributed by atoms with E-state index in [1.165, 1.54) is 12.1 Å². The monoisotopic (exact) mass is 292 g/mol. The quantitative estimate of drug-likeness (QED) is 0.887. The molecule has 0 aliphatic carbocycles. The molecule has 2 aromatic carbocycles. The topological polar surface area (TPSA) is 29.5 Å². The summed E-state index contributed by atoms with van der Waals surface area (Å²) in [5.41, 5.74) is 1.94. The molecule has 0 heterocycles. The van der Waals surface area contributed by atoms with Crippen molar-refractivity contribution in [3.8, 4) is 11.5 Å². The van der Waals surface area contributed by atoms with Crippen LogP contribution in [0.25, 0.3) is 5.57 Å². The van der Waals surface area contributed by atoms with Gasteiger partial charge in [-0.1, -0.05) is 29.8 Å². The zero-order valence-corrected chi connectivity index (χ0v) is 11.7. The fourth-order valence-electron chi connectivity index (χ4n) is 1.73. The molecule has 0 bridgehead atoms. The second-order valence-electron chi connectivity index (χ2n) is 4.27. The van der Waals surface area contributed by atoms with Crippen LogP contribution in [0, 0.1) is 5.82 Å². The number of rotatable bonds is 4. The van der Waals surface area contributed by atoms with Gasteiger partial charge in [0, 0.05) is 5.02 Å². The first-order chi connectivity index (χ1) is 9.60. The molecule has 104 valence electrons. The summed E-state index contributed by atoms with van der Waals surface area (Å²) in [6, 6.07) is 11.5. The van der Waals surface area contributed by atoms with Crippen molar-refractivity contribution in [2.75, 3.05) is 6.61 Å². The molecule has 4 heteroatoms. The Morgan fingerprint density at radius 1 is 1.25 bits per heavy atom. The first kappa shape index (κ1) is 14.6. The standard InChI is InChI=1S/C16H14ClFO2/c1-11(8-9-19)12-2-5-14(6-3-12)20-16-7-4-13(17)10-15(16)18/h2-8,10,19H,9H2,1H3. The predicted octanol–water partition coefficient (Wildman–Crippen LogP) is 4.67. The van der Waals surface area contributed by atoms with Crippen LogP contribution < -0.4 is 4.74 Å². The van der Waals surface area contributed by atoms with Gasteiger partial charge in [-0.2, -0.15) is 0 Å². The van der Waals surface area contributed by atoms with Crippen LogP contribution in [0.4, 0.5) is 4.39 Å². The number of ether oxygens (including phenoxy) is 1. The first-order valence-corrected chi connectivity index (χ1v) is 6.49. The number of hydrogen-bond acceptors (Lipinski definition) is 2. The van der Waals surface area contributed by atoms with Crippen molar-refractivity contribution >= 4 is 17.2 Å². The molecule has 0 aliphatic rings. The number of hydrogen-bond donors (Lipinski definition) is 1. The number of halogens is 2. The Morgan fingerprint density at radius 2 is 1.95 bits per heavy atom. The maximum Gasteiger partial charge on any atom is 0.167 e. The third-order valence-corrected chi connectivity index (χ3v) is 3.06. The summed E-state index contributed by atoms with van der Waals surface area (Å²) in [6.07, 6.45) is 1.72. The summed E-state index contributed by atoms with van der Waals surface area (Å²) in [4.78, 5) is 0. The smallest absolute Gasteiger partial charge is 0.167 e. The van der Waals surface area contributed by atoms with Gasteiger partial charge in [0.25, 0.3) is 0 Å². The molecule has 0 unspecified atom stereocenters.